The first-order valence-electron chi connectivity index (χ1n) is 12.5. The highest BCUT2D eigenvalue weighted by molar-refractivity contribution is 5.99. The Morgan fingerprint density at radius 2 is 1.89 bits per heavy atom. The van der Waals surface area contributed by atoms with Gasteiger partial charge in [-0.05, 0) is 18.4 Å². The quantitative estimate of drug-likeness (QED) is 0.214. The highest BCUT2D eigenvalue weighted by Crippen LogP contribution is 2.32. The van der Waals surface area contributed by atoms with Crippen LogP contribution in [0.3, 0.4) is 0 Å². The Morgan fingerprint density at radius 3 is 2.66 bits per heavy atom. The summed E-state index contributed by atoms with van der Waals surface area (Å²) in [6.07, 6.45) is 5.47. The fourth-order valence-corrected chi connectivity index (χ4v) is 4.46. The highest BCUT2D eigenvalue weighted by atomic mass is 16.5. The second kappa shape index (κ2) is 10.4. The zero-order valence-electron chi connectivity index (χ0n) is 20.4. The van der Waals surface area contributed by atoms with Crippen LogP contribution >= 0.6 is 0 Å². The van der Waals surface area contributed by atoms with Crippen molar-refractivity contribution in [3.8, 4) is 17.1 Å². The topological polar surface area (TPSA) is 73.4 Å². The number of furan rings is 1. The monoisotopic (exact) mass is 474 g/mol. The van der Waals surface area contributed by atoms with Gasteiger partial charge in [0.2, 0.25) is 0 Å². The lowest BCUT2D eigenvalue weighted by Crippen LogP contribution is -2.36. The van der Waals surface area contributed by atoms with Gasteiger partial charge in [0, 0.05) is 44.8 Å². The number of nitrogens with zero attached hydrogens (tertiary/aromatic N) is 4. The fourth-order valence-electron chi connectivity index (χ4n) is 4.46. The Kier molecular flexibility index (Phi) is 6.95. The summed E-state index contributed by atoms with van der Waals surface area (Å²) in [6, 6.07) is 15.8. The van der Waals surface area contributed by atoms with Crippen LogP contribution in [0.2, 0.25) is 0 Å². The third-order valence-corrected chi connectivity index (χ3v) is 6.40. The third kappa shape index (κ3) is 5.30. The van der Waals surface area contributed by atoms with Gasteiger partial charge in [-0.1, -0.05) is 57.0 Å². The van der Waals surface area contributed by atoms with Gasteiger partial charge < -0.3 is 14.1 Å². The molecule has 5 rings (SSSR count). The maximum atomic E-state index is 12.9. The number of aromatic nitrogens is 3. The van der Waals surface area contributed by atoms with Crippen molar-refractivity contribution in [2.75, 3.05) is 31.2 Å². The molecule has 35 heavy (non-hydrogen) atoms. The van der Waals surface area contributed by atoms with E-state index in [-0.39, 0.29) is 7.21 Å². The summed E-state index contributed by atoms with van der Waals surface area (Å²) in [5.41, 5.74) is 4.17. The minimum Gasteiger partial charge on any atom is -0.449 e. The molecule has 0 amide bonds. The van der Waals surface area contributed by atoms with Gasteiger partial charge in [0.05, 0.1) is 24.6 Å². The first-order valence-corrected chi connectivity index (χ1v) is 12.5. The number of Topliss-reactive ketones (excluding diaryl/α,β-unsaturated/α-hetero) is 1. The molecule has 3 aromatic heterocycles. The number of carbonyl (C=O) groups is 1. The molecule has 7 nitrogen and oxygen atoms in total. The lowest BCUT2D eigenvalue weighted by molar-refractivity contribution is 0.0954. The molecule has 7 heteroatoms. The molecule has 1 aliphatic heterocycles. The maximum absolute atomic E-state index is 12.9. The number of ketones is 1. The number of morpholine rings is 1. The number of carbonyl (C=O) groups excluding carboxylic acids is 1. The van der Waals surface area contributed by atoms with Gasteiger partial charge >= 0.3 is 0 Å². The van der Waals surface area contributed by atoms with E-state index >= 15 is 0 Å². The van der Waals surface area contributed by atoms with Gasteiger partial charge in [-0.15, -0.1) is 0 Å². The standard InChI is InChI=1S/C28H32N4O3.H2/c1-20(2)8-6-7-11-25(33)26-18-23-28(35-26)24(31-14-16-34-17-15-31)19-27(29-23)32-13-12-22(30-32)21-9-4-3-5-10-21;/h3-5,9-10,12-13,18-20H,6-8,11,14-17H2,1-2H3;1H. The Labute approximate surface area is 207 Å². The van der Waals surface area contributed by atoms with Gasteiger partial charge in [0.15, 0.2) is 22.9 Å². The summed E-state index contributed by atoms with van der Waals surface area (Å²) in [5.74, 6) is 1.76. The Bertz CT molecular complexity index is 1290. The normalized spacial score (nSPS) is 14.2. The molecule has 0 bridgehead atoms. The summed E-state index contributed by atoms with van der Waals surface area (Å²) in [4.78, 5) is 20.0. The van der Waals surface area contributed by atoms with Crippen LogP contribution in [0.25, 0.3) is 28.2 Å². The van der Waals surface area contributed by atoms with Crippen LogP contribution in [-0.2, 0) is 4.74 Å². The second-order valence-electron chi connectivity index (χ2n) is 9.50. The molecule has 0 radical (unpaired) electrons. The summed E-state index contributed by atoms with van der Waals surface area (Å²) in [7, 11) is 0. The SMILES string of the molecule is CC(C)CCCCC(=O)c1cc2nc(-n3ccc(-c4ccccc4)n3)cc(N3CCOCC3)c2o1.[HH]. The van der Waals surface area contributed by atoms with Crippen LogP contribution in [0.1, 0.15) is 51.5 Å². The zero-order valence-corrected chi connectivity index (χ0v) is 20.4. The van der Waals surface area contributed by atoms with E-state index in [0.29, 0.717) is 48.2 Å². The number of hydrogen-bond donors (Lipinski definition) is 0. The predicted molar refractivity (Wildman–Crippen MR) is 139 cm³/mol. The molecular weight excluding hydrogens is 440 g/mol. The van der Waals surface area contributed by atoms with Crippen molar-refractivity contribution >= 4 is 22.6 Å². The molecule has 1 saturated heterocycles. The lowest BCUT2D eigenvalue weighted by atomic mass is 10.0. The van der Waals surface area contributed by atoms with Crippen LogP contribution in [0, 0.1) is 5.92 Å². The average molecular weight is 475 g/mol. The van der Waals surface area contributed by atoms with Crippen molar-refractivity contribution in [1.82, 2.24) is 14.8 Å². The summed E-state index contributed by atoms with van der Waals surface area (Å²) >= 11 is 0. The minimum atomic E-state index is 0. The van der Waals surface area contributed by atoms with Gasteiger partial charge in [-0.25, -0.2) is 9.67 Å². The largest absolute Gasteiger partial charge is 0.449 e. The lowest BCUT2D eigenvalue weighted by Gasteiger charge is -2.28. The van der Waals surface area contributed by atoms with Crippen molar-refractivity contribution < 1.29 is 15.4 Å². The van der Waals surface area contributed by atoms with Crippen molar-refractivity contribution in [2.24, 2.45) is 5.92 Å². The number of fused-ring (bicyclic) bond motifs is 1. The number of benzene rings is 1. The maximum Gasteiger partial charge on any atom is 0.198 e. The molecule has 4 aromatic rings. The second-order valence-corrected chi connectivity index (χ2v) is 9.50. The molecule has 4 heterocycles. The van der Waals surface area contributed by atoms with Gasteiger partial charge in [0.1, 0.15) is 5.52 Å². The van der Waals surface area contributed by atoms with E-state index in [4.69, 9.17) is 19.2 Å². The van der Waals surface area contributed by atoms with Crippen molar-refractivity contribution in [3.05, 3.63) is 60.5 Å². The number of unbranched alkanes of at least 4 members (excludes halogenated alkanes) is 1. The molecule has 0 spiro atoms. The van der Waals surface area contributed by atoms with Crippen molar-refractivity contribution in [1.29, 1.82) is 0 Å². The number of rotatable bonds is 9. The van der Waals surface area contributed by atoms with E-state index in [1.807, 2.05) is 48.7 Å². The van der Waals surface area contributed by atoms with Crippen LogP contribution in [0.15, 0.2) is 59.1 Å². The Hall–Kier alpha value is -3.45. The molecule has 1 aliphatic rings. The van der Waals surface area contributed by atoms with E-state index in [9.17, 15) is 4.79 Å². The molecule has 0 saturated carbocycles. The minimum absolute atomic E-state index is 0. The molecule has 0 aliphatic carbocycles. The van der Waals surface area contributed by atoms with Crippen LogP contribution < -0.4 is 4.90 Å². The van der Waals surface area contributed by atoms with Crippen LogP contribution in [-0.4, -0.2) is 46.9 Å². The molecule has 1 fully saturated rings. The zero-order chi connectivity index (χ0) is 24.2. The van der Waals surface area contributed by atoms with Gasteiger partial charge in [0.25, 0.3) is 0 Å². The van der Waals surface area contributed by atoms with E-state index < -0.39 is 0 Å². The van der Waals surface area contributed by atoms with Crippen molar-refractivity contribution in [3.63, 3.8) is 0 Å². The molecule has 184 valence electrons. The Morgan fingerprint density at radius 1 is 1.09 bits per heavy atom. The first kappa shape index (κ1) is 23.3. The van der Waals surface area contributed by atoms with E-state index in [1.165, 1.54) is 0 Å². The molecule has 0 unspecified atom stereocenters. The Balaban J connectivity index is 0.00000304. The third-order valence-electron chi connectivity index (χ3n) is 6.40. The van der Waals surface area contributed by atoms with Crippen LogP contribution in [0.5, 0.6) is 0 Å². The molecule has 1 aromatic carbocycles. The molecule has 0 N–H and O–H groups in total. The number of anilines is 1. The van der Waals surface area contributed by atoms with Crippen molar-refractivity contribution in [2.45, 2.75) is 39.5 Å². The van der Waals surface area contributed by atoms with E-state index in [1.54, 1.807) is 10.7 Å². The van der Waals surface area contributed by atoms with E-state index in [0.717, 1.165) is 49.3 Å². The fraction of sp³-hybridized carbons (Fsp3) is 0.393. The predicted octanol–water partition coefficient (Wildman–Crippen LogP) is 6.16. The van der Waals surface area contributed by atoms with Gasteiger partial charge in [-0.3, -0.25) is 4.79 Å². The van der Waals surface area contributed by atoms with Crippen LogP contribution in [0.4, 0.5) is 5.69 Å². The summed E-state index contributed by atoms with van der Waals surface area (Å²) in [6.45, 7) is 7.24. The first-order chi connectivity index (χ1) is 17.1. The summed E-state index contributed by atoms with van der Waals surface area (Å²) < 4.78 is 13.5. The van der Waals surface area contributed by atoms with Gasteiger partial charge in [-0.2, -0.15) is 5.10 Å². The number of pyridine rings is 1. The molecular formula is C28H34N4O3. The number of ether oxygens (including phenoxy) is 1. The smallest absolute Gasteiger partial charge is 0.198 e. The summed E-state index contributed by atoms with van der Waals surface area (Å²) in [5, 5.41) is 4.76. The molecule has 0 atom stereocenters. The average Bonchev–Trinajstić information content (AvgIpc) is 3.55. The highest BCUT2D eigenvalue weighted by Gasteiger charge is 2.22. The number of hydrogen-bond acceptors (Lipinski definition) is 6. The van der Waals surface area contributed by atoms with E-state index in [2.05, 4.69) is 18.7 Å².